The van der Waals surface area contributed by atoms with Gasteiger partial charge >= 0.3 is 12.2 Å². The molecule has 0 bridgehead atoms. The van der Waals surface area contributed by atoms with Crippen LogP contribution >= 0.6 is 0 Å². The number of benzene rings is 1. The normalized spacial score (nSPS) is 11.1. The van der Waals surface area contributed by atoms with E-state index in [0.29, 0.717) is 11.3 Å². The molecule has 0 atom stereocenters. The van der Waals surface area contributed by atoms with Gasteiger partial charge in [0.2, 0.25) is 0 Å². The van der Waals surface area contributed by atoms with Crippen LogP contribution in [0, 0.1) is 11.8 Å². The summed E-state index contributed by atoms with van der Waals surface area (Å²) in [6.45, 7) is 12.1. The second-order valence-corrected chi connectivity index (χ2v) is 7.22. The SMILES string of the molecule is CC#Cc1cccc(N(C(=O)OC(C)(C)C)C(=O)OC(C)(C)C)c1. The lowest BCUT2D eigenvalue weighted by Crippen LogP contribution is -2.43. The molecule has 5 nitrogen and oxygen atoms in total. The molecule has 2 amide bonds. The molecule has 0 unspecified atom stereocenters. The molecule has 130 valence electrons. The van der Waals surface area contributed by atoms with E-state index >= 15 is 0 Å². The molecule has 0 aliphatic carbocycles. The van der Waals surface area contributed by atoms with E-state index in [1.165, 1.54) is 0 Å². The van der Waals surface area contributed by atoms with Gasteiger partial charge in [0.05, 0.1) is 5.69 Å². The lowest BCUT2D eigenvalue weighted by atomic mass is 10.2. The Labute approximate surface area is 143 Å². The van der Waals surface area contributed by atoms with E-state index in [4.69, 9.17) is 9.47 Å². The summed E-state index contributed by atoms with van der Waals surface area (Å²) in [6.07, 6.45) is -1.59. The molecule has 1 aromatic carbocycles. The average Bonchev–Trinajstić information content (AvgIpc) is 2.35. The van der Waals surface area contributed by atoms with Crippen LogP contribution in [0.1, 0.15) is 54.0 Å². The van der Waals surface area contributed by atoms with Crippen molar-refractivity contribution in [3.8, 4) is 11.8 Å². The summed E-state index contributed by atoms with van der Waals surface area (Å²) < 4.78 is 10.7. The third-order valence-corrected chi connectivity index (χ3v) is 2.53. The number of hydrogen-bond donors (Lipinski definition) is 0. The Morgan fingerprint density at radius 2 is 1.46 bits per heavy atom. The number of carbonyl (C=O) groups is 2. The monoisotopic (exact) mass is 331 g/mol. The molecule has 5 heteroatoms. The molecular formula is C19H25NO4. The van der Waals surface area contributed by atoms with E-state index in [-0.39, 0.29) is 0 Å². The predicted molar refractivity (Wildman–Crippen MR) is 93.9 cm³/mol. The van der Waals surface area contributed by atoms with Gasteiger partial charge in [-0.1, -0.05) is 12.0 Å². The van der Waals surface area contributed by atoms with Gasteiger partial charge in [0.25, 0.3) is 0 Å². The fourth-order valence-electron chi connectivity index (χ4n) is 1.77. The van der Waals surface area contributed by atoms with E-state index in [2.05, 4.69) is 11.8 Å². The van der Waals surface area contributed by atoms with Crippen LogP contribution < -0.4 is 4.90 Å². The zero-order valence-electron chi connectivity index (χ0n) is 15.4. The van der Waals surface area contributed by atoms with Crippen molar-refractivity contribution in [3.63, 3.8) is 0 Å². The Kier molecular flexibility index (Phi) is 6.03. The van der Waals surface area contributed by atoms with Crippen molar-refractivity contribution in [3.05, 3.63) is 29.8 Å². The van der Waals surface area contributed by atoms with E-state index in [1.54, 1.807) is 72.7 Å². The molecule has 0 aromatic heterocycles. The van der Waals surface area contributed by atoms with E-state index in [1.807, 2.05) is 0 Å². The van der Waals surface area contributed by atoms with Crippen molar-refractivity contribution in [2.75, 3.05) is 4.90 Å². The molecule has 0 heterocycles. The van der Waals surface area contributed by atoms with E-state index in [0.717, 1.165) is 4.90 Å². The summed E-state index contributed by atoms with van der Waals surface area (Å²) in [4.78, 5) is 25.9. The molecule has 24 heavy (non-hydrogen) atoms. The summed E-state index contributed by atoms with van der Waals surface area (Å²) in [7, 11) is 0. The van der Waals surface area contributed by atoms with Gasteiger partial charge in [0.1, 0.15) is 11.2 Å². The van der Waals surface area contributed by atoms with E-state index < -0.39 is 23.4 Å². The Morgan fingerprint density at radius 3 is 1.88 bits per heavy atom. The number of carbonyl (C=O) groups excluding carboxylic acids is 2. The van der Waals surface area contributed by atoms with Gasteiger partial charge in [0, 0.05) is 5.56 Å². The molecule has 0 aliphatic heterocycles. The standard InChI is InChI=1S/C19H25NO4/c1-8-10-14-11-9-12-15(13-14)20(16(21)23-18(2,3)4)17(22)24-19(5,6)7/h9,11-13H,1-7H3. The maximum Gasteiger partial charge on any atom is 0.424 e. The molecule has 0 radical (unpaired) electrons. The first-order valence-electron chi connectivity index (χ1n) is 7.72. The first kappa shape index (κ1) is 19.6. The minimum atomic E-state index is -0.793. The fourth-order valence-corrected chi connectivity index (χ4v) is 1.77. The summed E-state index contributed by atoms with van der Waals surface area (Å²) >= 11 is 0. The van der Waals surface area contributed by atoms with E-state index in [9.17, 15) is 9.59 Å². The summed E-state index contributed by atoms with van der Waals surface area (Å²) in [6, 6.07) is 6.79. The number of imide groups is 1. The maximum atomic E-state index is 12.5. The largest absolute Gasteiger partial charge is 0.443 e. The number of ether oxygens (including phenoxy) is 2. The minimum Gasteiger partial charge on any atom is -0.443 e. The Hall–Kier alpha value is -2.48. The molecule has 0 fully saturated rings. The second-order valence-electron chi connectivity index (χ2n) is 7.22. The molecule has 0 saturated heterocycles. The number of nitrogens with zero attached hydrogens (tertiary/aromatic N) is 1. The van der Waals surface area contributed by atoms with Crippen LogP contribution in [-0.2, 0) is 9.47 Å². The Balaban J connectivity index is 3.26. The van der Waals surface area contributed by atoms with Crippen LogP contribution in [0.2, 0.25) is 0 Å². The quantitative estimate of drug-likeness (QED) is 0.698. The van der Waals surface area contributed by atoms with Crippen LogP contribution in [-0.4, -0.2) is 23.4 Å². The van der Waals surface area contributed by atoms with Crippen molar-refractivity contribution >= 4 is 17.9 Å². The van der Waals surface area contributed by atoms with Gasteiger partial charge in [0.15, 0.2) is 0 Å². The van der Waals surface area contributed by atoms with Crippen LogP contribution in [0.25, 0.3) is 0 Å². The summed E-state index contributed by atoms with van der Waals surface area (Å²) in [5.74, 6) is 5.68. The summed E-state index contributed by atoms with van der Waals surface area (Å²) in [5.41, 5.74) is -0.443. The second kappa shape index (κ2) is 7.39. The maximum absolute atomic E-state index is 12.5. The third kappa shape index (κ3) is 6.33. The molecular weight excluding hydrogens is 306 g/mol. The number of rotatable bonds is 1. The highest BCUT2D eigenvalue weighted by Crippen LogP contribution is 2.22. The number of hydrogen-bond acceptors (Lipinski definition) is 4. The molecule has 1 rings (SSSR count). The van der Waals surface area contributed by atoms with Gasteiger partial charge in [-0.3, -0.25) is 0 Å². The van der Waals surface area contributed by atoms with Gasteiger partial charge < -0.3 is 9.47 Å². The molecule has 0 spiro atoms. The van der Waals surface area contributed by atoms with Crippen molar-refractivity contribution < 1.29 is 19.1 Å². The molecule has 0 aliphatic rings. The highest BCUT2D eigenvalue weighted by atomic mass is 16.6. The molecule has 0 saturated carbocycles. The minimum absolute atomic E-state index is 0.346. The first-order chi connectivity index (χ1) is 10.9. The van der Waals surface area contributed by atoms with Gasteiger partial charge in [-0.25, -0.2) is 9.59 Å². The third-order valence-electron chi connectivity index (χ3n) is 2.53. The smallest absolute Gasteiger partial charge is 0.424 e. The fraction of sp³-hybridized carbons (Fsp3) is 0.474. The molecule has 1 aromatic rings. The Bertz CT molecular complexity index is 641. The highest BCUT2D eigenvalue weighted by Gasteiger charge is 2.32. The highest BCUT2D eigenvalue weighted by molar-refractivity contribution is 6.09. The molecule has 0 N–H and O–H groups in total. The van der Waals surface area contributed by atoms with Crippen molar-refractivity contribution in [1.29, 1.82) is 0 Å². The Morgan fingerprint density at radius 1 is 0.958 bits per heavy atom. The predicted octanol–water partition coefficient (Wildman–Crippen LogP) is 4.73. The van der Waals surface area contributed by atoms with Crippen LogP contribution in [0.4, 0.5) is 15.3 Å². The lowest BCUT2D eigenvalue weighted by molar-refractivity contribution is 0.0431. The zero-order chi connectivity index (χ0) is 18.5. The van der Waals surface area contributed by atoms with Crippen molar-refractivity contribution in [2.45, 2.75) is 59.7 Å². The van der Waals surface area contributed by atoms with Crippen LogP contribution in [0.3, 0.4) is 0 Å². The summed E-state index contributed by atoms with van der Waals surface area (Å²) in [5, 5.41) is 0. The first-order valence-corrected chi connectivity index (χ1v) is 7.72. The topological polar surface area (TPSA) is 55.8 Å². The van der Waals surface area contributed by atoms with Gasteiger partial charge in [-0.15, -0.1) is 5.92 Å². The average molecular weight is 331 g/mol. The van der Waals surface area contributed by atoms with Crippen molar-refractivity contribution in [2.24, 2.45) is 0 Å². The van der Waals surface area contributed by atoms with Crippen LogP contribution in [0.5, 0.6) is 0 Å². The zero-order valence-corrected chi connectivity index (χ0v) is 15.4. The van der Waals surface area contributed by atoms with Gasteiger partial charge in [-0.05, 0) is 66.7 Å². The van der Waals surface area contributed by atoms with Crippen molar-refractivity contribution in [1.82, 2.24) is 0 Å². The number of amides is 2. The van der Waals surface area contributed by atoms with Gasteiger partial charge in [-0.2, -0.15) is 4.90 Å². The number of anilines is 1. The van der Waals surface area contributed by atoms with Crippen LogP contribution in [0.15, 0.2) is 24.3 Å². The lowest BCUT2D eigenvalue weighted by Gasteiger charge is -2.28.